The Hall–Kier alpha value is -1.35. The Balaban J connectivity index is 1.88. The van der Waals surface area contributed by atoms with Crippen molar-refractivity contribution in [2.45, 2.75) is 12.8 Å². The molecular weight excluding hydrogens is 224 g/mol. The van der Waals surface area contributed by atoms with Gasteiger partial charge in [0.1, 0.15) is 0 Å². The zero-order chi connectivity index (χ0) is 13.0. The molecule has 2 rings (SSSR count). The molecule has 1 aromatic carbocycles. The van der Waals surface area contributed by atoms with Crippen molar-refractivity contribution >= 4 is 5.91 Å². The maximum absolute atomic E-state index is 12.2. The molecule has 3 heteroatoms. The van der Waals surface area contributed by atoms with E-state index in [1.807, 2.05) is 42.3 Å². The molecule has 0 unspecified atom stereocenters. The maximum atomic E-state index is 12.2. The van der Waals surface area contributed by atoms with Crippen molar-refractivity contribution in [1.82, 2.24) is 9.80 Å². The van der Waals surface area contributed by atoms with Crippen LogP contribution >= 0.6 is 0 Å². The molecule has 0 radical (unpaired) electrons. The van der Waals surface area contributed by atoms with Crippen LogP contribution in [0.3, 0.4) is 0 Å². The lowest BCUT2D eigenvalue weighted by atomic mass is 9.96. The van der Waals surface area contributed by atoms with Crippen LogP contribution in [0, 0.1) is 5.92 Å². The third-order valence-electron chi connectivity index (χ3n) is 3.74. The van der Waals surface area contributed by atoms with Crippen LogP contribution in [-0.4, -0.2) is 49.4 Å². The summed E-state index contributed by atoms with van der Waals surface area (Å²) in [5.41, 5.74) is 0.785. The molecule has 0 saturated carbocycles. The van der Waals surface area contributed by atoms with Crippen molar-refractivity contribution in [2.24, 2.45) is 5.92 Å². The van der Waals surface area contributed by atoms with Crippen molar-refractivity contribution in [1.29, 1.82) is 0 Å². The number of amides is 1. The van der Waals surface area contributed by atoms with Gasteiger partial charge in [-0.25, -0.2) is 0 Å². The average Bonchev–Trinajstić information content (AvgIpc) is 2.41. The number of carbonyl (C=O) groups is 1. The van der Waals surface area contributed by atoms with E-state index in [0.717, 1.165) is 25.2 Å². The predicted molar refractivity (Wildman–Crippen MR) is 73.6 cm³/mol. The quantitative estimate of drug-likeness (QED) is 0.815. The summed E-state index contributed by atoms with van der Waals surface area (Å²) in [4.78, 5) is 16.4. The topological polar surface area (TPSA) is 23.6 Å². The van der Waals surface area contributed by atoms with Crippen LogP contribution in [0.15, 0.2) is 30.3 Å². The van der Waals surface area contributed by atoms with E-state index in [9.17, 15) is 4.79 Å². The Kier molecular flexibility index (Phi) is 4.37. The van der Waals surface area contributed by atoms with Crippen LogP contribution in [0.2, 0.25) is 0 Å². The fourth-order valence-electron chi connectivity index (χ4n) is 2.52. The Bertz CT molecular complexity index is 383. The molecule has 1 aliphatic rings. The lowest BCUT2D eigenvalue weighted by Gasteiger charge is -2.31. The van der Waals surface area contributed by atoms with E-state index in [1.54, 1.807) is 0 Å². The van der Waals surface area contributed by atoms with Gasteiger partial charge in [-0.1, -0.05) is 18.2 Å². The fourth-order valence-corrected chi connectivity index (χ4v) is 2.52. The minimum atomic E-state index is 0.134. The van der Waals surface area contributed by atoms with E-state index in [2.05, 4.69) is 11.9 Å². The van der Waals surface area contributed by atoms with Crippen molar-refractivity contribution in [3.8, 4) is 0 Å². The van der Waals surface area contributed by atoms with Crippen LogP contribution in [0.4, 0.5) is 0 Å². The number of likely N-dealkylation sites (tertiary alicyclic amines) is 1. The fraction of sp³-hybridized carbons (Fsp3) is 0.533. The molecule has 0 N–H and O–H groups in total. The Morgan fingerprint density at radius 1 is 1.28 bits per heavy atom. The summed E-state index contributed by atoms with van der Waals surface area (Å²) in [6.07, 6.45) is 2.39. The van der Waals surface area contributed by atoms with Gasteiger partial charge in [-0.05, 0) is 51.0 Å². The van der Waals surface area contributed by atoms with Gasteiger partial charge in [0.05, 0.1) is 0 Å². The number of hydrogen-bond acceptors (Lipinski definition) is 2. The lowest BCUT2D eigenvalue weighted by molar-refractivity contribution is 0.0747. The van der Waals surface area contributed by atoms with E-state index in [0.29, 0.717) is 5.92 Å². The van der Waals surface area contributed by atoms with Crippen molar-refractivity contribution in [3.05, 3.63) is 35.9 Å². The van der Waals surface area contributed by atoms with Gasteiger partial charge in [0.2, 0.25) is 0 Å². The first kappa shape index (κ1) is 13.1. The highest BCUT2D eigenvalue weighted by atomic mass is 16.2. The molecule has 1 fully saturated rings. The smallest absolute Gasteiger partial charge is 0.253 e. The number of nitrogens with zero attached hydrogens (tertiary/aromatic N) is 2. The summed E-state index contributed by atoms with van der Waals surface area (Å²) in [6.45, 7) is 3.18. The lowest BCUT2D eigenvalue weighted by Crippen LogP contribution is -2.37. The molecule has 0 spiro atoms. The van der Waals surface area contributed by atoms with Crippen LogP contribution in [0.25, 0.3) is 0 Å². The molecule has 1 heterocycles. The summed E-state index contributed by atoms with van der Waals surface area (Å²) in [5, 5.41) is 0. The van der Waals surface area contributed by atoms with Gasteiger partial charge in [-0.2, -0.15) is 0 Å². The molecule has 1 aromatic rings. The highest BCUT2D eigenvalue weighted by Crippen LogP contribution is 2.17. The first-order valence-corrected chi connectivity index (χ1v) is 6.66. The minimum absolute atomic E-state index is 0.134. The molecule has 98 valence electrons. The van der Waals surface area contributed by atoms with Crippen molar-refractivity contribution < 1.29 is 4.79 Å². The second-order valence-electron chi connectivity index (χ2n) is 5.30. The van der Waals surface area contributed by atoms with E-state index in [1.165, 1.54) is 12.8 Å². The Labute approximate surface area is 109 Å². The molecule has 1 aliphatic heterocycles. The Morgan fingerprint density at radius 2 is 1.89 bits per heavy atom. The second-order valence-corrected chi connectivity index (χ2v) is 5.30. The summed E-state index contributed by atoms with van der Waals surface area (Å²) in [6, 6.07) is 9.53. The summed E-state index contributed by atoms with van der Waals surface area (Å²) >= 11 is 0. The third-order valence-corrected chi connectivity index (χ3v) is 3.74. The third kappa shape index (κ3) is 3.33. The minimum Gasteiger partial charge on any atom is -0.341 e. The number of piperidine rings is 1. The van der Waals surface area contributed by atoms with Crippen molar-refractivity contribution in [3.63, 3.8) is 0 Å². The van der Waals surface area contributed by atoms with Crippen LogP contribution in [0.1, 0.15) is 23.2 Å². The molecule has 0 atom stereocenters. The summed E-state index contributed by atoms with van der Waals surface area (Å²) in [5.74, 6) is 0.786. The van der Waals surface area contributed by atoms with Crippen LogP contribution in [-0.2, 0) is 0 Å². The number of benzene rings is 1. The zero-order valence-electron chi connectivity index (χ0n) is 11.3. The van der Waals surface area contributed by atoms with Gasteiger partial charge in [0.15, 0.2) is 0 Å². The normalized spacial score (nSPS) is 17.7. The molecule has 1 amide bonds. The first-order valence-electron chi connectivity index (χ1n) is 6.66. The molecule has 0 bridgehead atoms. The van der Waals surface area contributed by atoms with Gasteiger partial charge in [0.25, 0.3) is 5.91 Å². The van der Waals surface area contributed by atoms with Gasteiger partial charge < -0.3 is 9.80 Å². The largest absolute Gasteiger partial charge is 0.341 e. The molecule has 3 nitrogen and oxygen atoms in total. The molecular formula is C15H22N2O. The number of carbonyl (C=O) groups excluding carboxylic acids is 1. The SMILES string of the molecule is CN1CCC(CN(C)C(=O)c2ccccc2)CC1. The van der Waals surface area contributed by atoms with E-state index >= 15 is 0 Å². The molecule has 0 aliphatic carbocycles. The summed E-state index contributed by atoms with van der Waals surface area (Å²) < 4.78 is 0. The standard InChI is InChI=1S/C15H22N2O/c1-16-10-8-13(9-11-16)12-17(2)15(18)14-6-4-3-5-7-14/h3-7,13H,8-12H2,1-2H3. The van der Waals surface area contributed by atoms with Gasteiger partial charge in [-0.3, -0.25) is 4.79 Å². The molecule has 0 aromatic heterocycles. The molecule has 1 saturated heterocycles. The van der Waals surface area contributed by atoms with Gasteiger partial charge in [0, 0.05) is 19.2 Å². The van der Waals surface area contributed by atoms with E-state index in [4.69, 9.17) is 0 Å². The maximum Gasteiger partial charge on any atom is 0.253 e. The Morgan fingerprint density at radius 3 is 2.50 bits per heavy atom. The highest BCUT2D eigenvalue weighted by molar-refractivity contribution is 5.93. The second kappa shape index (κ2) is 6.01. The number of hydrogen-bond donors (Lipinski definition) is 0. The van der Waals surface area contributed by atoms with Gasteiger partial charge in [-0.15, -0.1) is 0 Å². The van der Waals surface area contributed by atoms with E-state index < -0.39 is 0 Å². The first-order chi connectivity index (χ1) is 8.66. The van der Waals surface area contributed by atoms with Crippen LogP contribution < -0.4 is 0 Å². The predicted octanol–water partition coefficient (Wildman–Crippen LogP) is 2.10. The monoisotopic (exact) mass is 246 g/mol. The van der Waals surface area contributed by atoms with Crippen molar-refractivity contribution in [2.75, 3.05) is 33.7 Å². The average molecular weight is 246 g/mol. The van der Waals surface area contributed by atoms with Gasteiger partial charge >= 0.3 is 0 Å². The van der Waals surface area contributed by atoms with E-state index in [-0.39, 0.29) is 5.91 Å². The zero-order valence-corrected chi connectivity index (χ0v) is 11.3. The number of rotatable bonds is 3. The summed E-state index contributed by atoms with van der Waals surface area (Å²) in [7, 11) is 4.07. The molecule has 18 heavy (non-hydrogen) atoms. The highest BCUT2D eigenvalue weighted by Gasteiger charge is 2.20. The van der Waals surface area contributed by atoms with Crippen LogP contribution in [0.5, 0.6) is 0 Å².